The fourth-order valence-electron chi connectivity index (χ4n) is 2.75. The van der Waals surface area contributed by atoms with Crippen LogP contribution in [-0.2, 0) is 17.9 Å². The second kappa shape index (κ2) is 8.59. The van der Waals surface area contributed by atoms with E-state index in [2.05, 4.69) is 4.98 Å². The van der Waals surface area contributed by atoms with Gasteiger partial charge in [0.05, 0.1) is 25.9 Å². The van der Waals surface area contributed by atoms with Gasteiger partial charge in [-0.1, -0.05) is 18.2 Å². The van der Waals surface area contributed by atoms with Crippen molar-refractivity contribution in [2.45, 2.75) is 19.6 Å². The van der Waals surface area contributed by atoms with Gasteiger partial charge < -0.3 is 9.32 Å². The molecule has 0 aliphatic rings. The van der Waals surface area contributed by atoms with Crippen LogP contribution in [0.1, 0.15) is 18.1 Å². The number of anilines is 1. The van der Waals surface area contributed by atoms with Crippen LogP contribution in [0.5, 0.6) is 0 Å². The van der Waals surface area contributed by atoms with Gasteiger partial charge in [-0.25, -0.2) is 4.98 Å². The maximum atomic E-state index is 13.0. The second-order valence-corrected chi connectivity index (χ2v) is 6.10. The second-order valence-electron chi connectivity index (χ2n) is 6.10. The molecule has 0 saturated carbocycles. The van der Waals surface area contributed by atoms with E-state index < -0.39 is 6.55 Å². The maximum absolute atomic E-state index is 13.0. The van der Waals surface area contributed by atoms with E-state index in [4.69, 9.17) is 4.42 Å². The Balaban J connectivity index is 1.71. The molecular formula is C19H20F2N4O2. The molecule has 2 aromatic heterocycles. The molecule has 0 atom stereocenters. The Morgan fingerprint density at radius 3 is 2.63 bits per heavy atom. The molecule has 27 heavy (non-hydrogen) atoms. The molecule has 0 aliphatic heterocycles. The van der Waals surface area contributed by atoms with E-state index in [0.29, 0.717) is 5.76 Å². The zero-order valence-corrected chi connectivity index (χ0v) is 14.8. The first-order valence-electron chi connectivity index (χ1n) is 8.41. The number of furan rings is 1. The first-order chi connectivity index (χ1) is 13.0. The molecule has 1 amide bonds. The maximum Gasteiger partial charge on any atom is 0.319 e. The highest BCUT2D eigenvalue weighted by atomic mass is 19.3. The van der Waals surface area contributed by atoms with E-state index >= 15 is 0 Å². The number of para-hydroxylation sites is 1. The van der Waals surface area contributed by atoms with Crippen LogP contribution in [0.2, 0.25) is 0 Å². The summed E-state index contributed by atoms with van der Waals surface area (Å²) >= 11 is 0. The molecule has 0 spiro atoms. The molecule has 0 N–H and O–H groups in total. The van der Waals surface area contributed by atoms with Crippen molar-refractivity contribution < 1.29 is 18.0 Å². The molecule has 0 radical (unpaired) electrons. The first kappa shape index (κ1) is 18.8. The normalized spacial score (nSPS) is 11.3. The van der Waals surface area contributed by atoms with Gasteiger partial charge in [-0.15, -0.1) is 0 Å². The van der Waals surface area contributed by atoms with E-state index in [0.717, 1.165) is 10.3 Å². The minimum atomic E-state index is -2.66. The lowest BCUT2D eigenvalue weighted by atomic mass is 10.2. The summed E-state index contributed by atoms with van der Waals surface area (Å²) in [7, 11) is 1.69. The smallest absolute Gasteiger partial charge is 0.319 e. The third-order valence-electron chi connectivity index (χ3n) is 4.04. The Morgan fingerprint density at radius 2 is 1.96 bits per heavy atom. The van der Waals surface area contributed by atoms with Gasteiger partial charge in [-0.2, -0.15) is 8.78 Å². The van der Waals surface area contributed by atoms with Gasteiger partial charge in [0.1, 0.15) is 11.6 Å². The van der Waals surface area contributed by atoms with Crippen molar-refractivity contribution in [3.05, 3.63) is 72.7 Å². The third-order valence-corrected chi connectivity index (χ3v) is 4.04. The Kier molecular flexibility index (Phi) is 5.97. The third kappa shape index (κ3) is 4.79. The van der Waals surface area contributed by atoms with Gasteiger partial charge in [0.15, 0.2) is 0 Å². The number of nitrogens with zero attached hydrogens (tertiary/aromatic N) is 4. The number of halogens is 2. The highest BCUT2D eigenvalue weighted by molar-refractivity contribution is 5.94. The Morgan fingerprint density at radius 1 is 1.19 bits per heavy atom. The van der Waals surface area contributed by atoms with Crippen molar-refractivity contribution in [1.82, 2.24) is 14.5 Å². The average molecular weight is 374 g/mol. The van der Waals surface area contributed by atoms with Crippen molar-refractivity contribution >= 4 is 11.6 Å². The van der Waals surface area contributed by atoms with Crippen molar-refractivity contribution in [1.29, 1.82) is 0 Å². The van der Waals surface area contributed by atoms with Gasteiger partial charge in [0.2, 0.25) is 5.91 Å². The summed E-state index contributed by atoms with van der Waals surface area (Å²) in [5.74, 6) is 0.691. The molecule has 0 fully saturated rings. The minimum Gasteiger partial charge on any atom is -0.467 e. The van der Waals surface area contributed by atoms with Crippen LogP contribution in [-0.4, -0.2) is 34.0 Å². The average Bonchev–Trinajstić information content (AvgIpc) is 3.32. The number of rotatable bonds is 8. The molecule has 1 aromatic carbocycles. The van der Waals surface area contributed by atoms with Crippen LogP contribution < -0.4 is 4.90 Å². The summed E-state index contributed by atoms with van der Waals surface area (Å²) in [4.78, 5) is 20.1. The standard InChI is InChI=1S/C19H20F2N4O2/c1-23(13-17-22-9-10-24(17)19(20)21)14-18(26)25(12-16-8-5-11-27-16)15-6-3-2-4-7-15/h2-11,19H,12-14H2,1H3. The number of likely N-dealkylation sites (N-methyl/N-ethyl adjacent to an activating group) is 1. The Hall–Kier alpha value is -3.00. The quantitative estimate of drug-likeness (QED) is 0.605. The van der Waals surface area contributed by atoms with Crippen molar-refractivity contribution in [2.75, 3.05) is 18.5 Å². The summed E-state index contributed by atoms with van der Waals surface area (Å²) in [5.41, 5.74) is 0.737. The van der Waals surface area contributed by atoms with Gasteiger partial charge in [-0.05, 0) is 31.3 Å². The van der Waals surface area contributed by atoms with E-state index in [1.807, 2.05) is 30.3 Å². The number of carbonyl (C=O) groups is 1. The molecule has 3 aromatic rings. The van der Waals surface area contributed by atoms with Crippen LogP contribution in [0.3, 0.4) is 0 Å². The van der Waals surface area contributed by atoms with Gasteiger partial charge >= 0.3 is 6.55 Å². The molecule has 142 valence electrons. The summed E-state index contributed by atoms with van der Waals surface area (Å²) in [6, 6.07) is 12.8. The van der Waals surface area contributed by atoms with E-state index in [-0.39, 0.29) is 31.4 Å². The molecule has 0 saturated heterocycles. The topological polar surface area (TPSA) is 54.5 Å². The molecule has 6 nitrogen and oxygen atoms in total. The van der Waals surface area contributed by atoms with Crippen LogP contribution >= 0.6 is 0 Å². The molecule has 0 aliphatic carbocycles. The summed E-state index contributed by atoms with van der Waals surface area (Å²) in [5, 5.41) is 0. The lowest BCUT2D eigenvalue weighted by Gasteiger charge is -2.25. The van der Waals surface area contributed by atoms with E-state index in [1.165, 1.54) is 12.4 Å². The summed E-state index contributed by atoms with van der Waals surface area (Å²) in [6.07, 6.45) is 4.10. The van der Waals surface area contributed by atoms with Crippen LogP contribution in [0.25, 0.3) is 0 Å². The van der Waals surface area contributed by atoms with Crippen LogP contribution in [0.4, 0.5) is 14.5 Å². The molecule has 2 heterocycles. The first-order valence-corrected chi connectivity index (χ1v) is 8.41. The lowest BCUT2D eigenvalue weighted by Crippen LogP contribution is -2.38. The molecule has 0 bridgehead atoms. The monoisotopic (exact) mass is 374 g/mol. The fourth-order valence-corrected chi connectivity index (χ4v) is 2.75. The number of amides is 1. The number of alkyl halides is 2. The molecule has 0 unspecified atom stereocenters. The molecule has 3 rings (SSSR count). The van der Waals surface area contributed by atoms with Gasteiger partial charge in [0, 0.05) is 18.1 Å². The summed E-state index contributed by atoms with van der Waals surface area (Å²) < 4.78 is 32.1. The molecule has 8 heteroatoms. The zero-order valence-electron chi connectivity index (χ0n) is 14.8. The largest absolute Gasteiger partial charge is 0.467 e. The SMILES string of the molecule is CN(CC(=O)N(Cc1ccco1)c1ccccc1)Cc1nccn1C(F)F. The Bertz CT molecular complexity index is 850. The van der Waals surface area contributed by atoms with Gasteiger partial charge in [0.25, 0.3) is 0 Å². The fraction of sp³-hybridized carbons (Fsp3) is 0.263. The lowest BCUT2D eigenvalue weighted by molar-refractivity contribution is -0.119. The highest BCUT2D eigenvalue weighted by Crippen LogP contribution is 2.18. The predicted molar refractivity (Wildman–Crippen MR) is 96.2 cm³/mol. The number of hydrogen-bond donors (Lipinski definition) is 0. The van der Waals surface area contributed by atoms with E-state index in [9.17, 15) is 13.6 Å². The molecular weight excluding hydrogens is 354 g/mol. The predicted octanol–water partition coefficient (Wildman–Crippen LogP) is 3.54. The minimum absolute atomic E-state index is 0.0473. The zero-order chi connectivity index (χ0) is 19.2. The van der Waals surface area contributed by atoms with Crippen LogP contribution in [0.15, 0.2) is 65.5 Å². The number of hydrogen-bond acceptors (Lipinski definition) is 4. The highest BCUT2D eigenvalue weighted by Gasteiger charge is 2.20. The summed E-state index contributed by atoms with van der Waals surface area (Å²) in [6.45, 7) is -2.19. The van der Waals surface area contributed by atoms with Crippen LogP contribution in [0, 0.1) is 0 Å². The van der Waals surface area contributed by atoms with Gasteiger partial charge in [-0.3, -0.25) is 14.3 Å². The number of benzene rings is 1. The number of imidazole rings is 1. The van der Waals surface area contributed by atoms with Crippen molar-refractivity contribution in [3.8, 4) is 0 Å². The van der Waals surface area contributed by atoms with Crippen molar-refractivity contribution in [3.63, 3.8) is 0 Å². The number of aromatic nitrogens is 2. The number of carbonyl (C=O) groups excluding carboxylic acids is 1. The van der Waals surface area contributed by atoms with E-state index in [1.54, 1.807) is 35.2 Å². The van der Waals surface area contributed by atoms with Crippen molar-refractivity contribution in [2.24, 2.45) is 0 Å². The Labute approximate surface area is 155 Å².